The van der Waals surface area contributed by atoms with Crippen molar-refractivity contribution in [1.82, 2.24) is 9.80 Å². The third-order valence-electron chi connectivity index (χ3n) is 7.26. The summed E-state index contributed by atoms with van der Waals surface area (Å²) < 4.78 is 12.7. The van der Waals surface area contributed by atoms with Crippen molar-refractivity contribution >= 4 is 11.8 Å². The monoisotopic (exact) mass is 492 g/mol. The molecule has 0 saturated carbocycles. The van der Waals surface area contributed by atoms with Gasteiger partial charge in [-0.15, -0.1) is 0 Å². The number of hydrogen-bond acceptors (Lipinski definition) is 4. The number of benzene rings is 2. The highest BCUT2D eigenvalue weighted by molar-refractivity contribution is 5.97. The molecule has 0 unspecified atom stereocenters. The van der Waals surface area contributed by atoms with E-state index in [2.05, 4.69) is 12.1 Å². The lowest BCUT2D eigenvalue weighted by molar-refractivity contribution is -0.130. The zero-order chi connectivity index (χ0) is 25.2. The molecule has 2 aromatic rings. The molecule has 6 heteroatoms. The lowest BCUT2D eigenvalue weighted by Crippen LogP contribution is -2.35. The van der Waals surface area contributed by atoms with E-state index >= 15 is 0 Å². The third-order valence-corrected chi connectivity index (χ3v) is 7.26. The molecular weight excluding hydrogens is 452 g/mol. The second-order valence-corrected chi connectivity index (χ2v) is 9.85. The summed E-state index contributed by atoms with van der Waals surface area (Å²) in [7, 11) is 0. The fourth-order valence-corrected chi connectivity index (χ4v) is 5.10. The minimum Gasteiger partial charge on any atom is -0.485 e. The van der Waals surface area contributed by atoms with E-state index in [1.54, 1.807) is 0 Å². The summed E-state index contributed by atoms with van der Waals surface area (Å²) in [6.07, 6.45) is 7.34. The SMILES string of the molecule is CCN1CCCCCCCCO[C@@H]2CN(C(=O)CCc3ccccc3)C[C@H]2Oc2ccccc2C1=O. The third kappa shape index (κ3) is 7.10. The zero-order valence-electron chi connectivity index (χ0n) is 21.6. The Bertz CT molecular complexity index is 980. The van der Waals surface area contributed by atoms with Crippen molar-refractivity contribution in [1.29, 1.82) is 0 Å². The van der Waals surface area contributed by atoms with E-state index in [0.29, 0.717) is 44.0 Å². The number of ether oxygens (including phenoxy) is 2. The molecule has 0 aromatic heterocycles. The summed E-state index contributed by atoms with van der Waals surface area (Å²) in [5.74, 6) is 0.697. The second kappa shape index (κ2) is 13.4. The highest BCUT2D eigenvalue weighted by atomic mass is 16.5. The molecule has 0 spiro atoms. The highest BCUT2D eigenvalue weighted by Crippen LogP contribution is 2.27. The zero-order valence-corrected chi connectivity index (χ0v) is 21.6. The molecule has 1 saturated heterocycles. The molecule has 2 aliphatic rings. The largest absolute Gasteiger partial charge is 0.485 e. The van der Waals surface area contributed by atoms with E-state index in [1.807, 2.05) is 59.2 Å². The van der Waals surface area contributed by atoms with E-state index in [1.165, 1.54) is 12.8 Å². The van der Waals surface area contributed by atoms with Crippen molar-refractivity contribution < 1.29 is 19.1 Å². The smallest absolute Gasteiger partial charge is 0.257 e. The van der Waals surface area contributed by atoms with Gasteiger partial charge < -0.3 is 19.3 Å². The van der Waals surface area contributed by atoms with Gasteiger partial charge >= 0.3 is 0 Å². The Hall–Kier alpha value is -2.86. The van der Waals surface area contributed by atoms with Gasteiger partial charge in [0.25, 0.3) is 5.91 Å². The highest BCUT2D eigenvalue weighted by Gasteiger charge is 2.38. The summed E-state index contributed by atoms with van der Waals surface area (Å²) >= 11 is 0. The summed E-state index contributed by atoms with van der Waals surface area (Å²) in [5.41, 5.74) is 1.75. The first kappa shape index (κ1) is 26.2. The van der Waals surface area contributed by atoms with Crippen molar-refractivity contribution in [3.63, 3.8) is 0 Å². The Morgan fingerprint density at radius 3 is 2.39 bits per heavy atom. The summed E-state index contributed by atoms with van der Waals surface area (Å²) in [6, 6.07) is 17.6. The quantitative estimate of drug-likeness (QED) is 0.595. The van der Waals surface area contributed by atoms with E-state index in [0.717, 1.165) is 44.2 Å². The van der Waals surface area contributed by atoms with Gasteiger partial charge in [0.1, 0.15) is 18.0 Å². The predicted molar refractivity (Wildman–Crippen MR) is 141 cm³/mol. The Kier molecular flexibility index (Phi) is 9.79. The van der Waals surface area contributed by atoms with Crippen molar-refractivity contribution in [2.75, 3.05) is 32.8 Å². The molecule has 2 aromatic carbocycles. The number of likely N-dealkylation sites (tertiary alicyclic amines) is 1. The van der Waals surface area contributed by atoms with Crippen LogP contribution in [0, 0.1) is 0 Å². The molecule has 2 heterocycles. The van der Waals surface area contributed by atoms with Crippen LogP contribution in [0.25, 0.3) is 0 Å². The lowest BCUT2D eigenvalue weighted by atomic mass is 10.1. The van der Waals surface area contributed by atoms with Gasteiger partial charge in [-0.25, -0.2) is 0 Å². The summed E-state index contributed by atoms with van der Waals surface area (Å²) in [5, 5.41) is 0. The molecule has 0 bridgehead atoms. The molecular formula is C30H40N2O4. The standard InChI is InChI=1S/C30H40N2O4/c1-2-31-20-12-5-3-4-6-13-21-35-27-22-32(29(33)19-18-24-14-8-7-9-15-24)23-28(27)36-26-17-11-10-16-25(26)30(31)34/h7-11,14-17,27-28H,2-6,12-13,18-23H2,1H3/t27-,28-/m1/s1. The maximum Gasteiger partial charge on any atom is 0.257 e. The molecule has 2 amide bonds. The van der Waals surface area contributed by atoms with Gasteiger partial charge in [0, 0.05) is 26.1 Å². The van der Waals surface area contributed by atoms with E-state index < -0.39 is 0 Å². The molecule has 0 N–H and O–H groups in total. The first-order chi connectivity index (χ1) is 17.7. The number of amides is 2. The van der Waals surface area contributed by atoms with Crippen molar-refractivity contribution in [3.8, 4) is 5.75 Å². The molecule has 0 radical (unpaired) electrons. The lowest BCUT2D eigenvalue weighted by Gasteiger charge is -2.25. The maximum atomic E-state index is 13.4. The van der Waals surface area contributed by atoms with Crippen LogP contribution in [0.3, 0.4) is 0 Å². The summed E-state index contributed by atoms with van der Waals surface area (Å²) in [4.78, 5) is 30.3. The fraction of sp³-hybridized carbons (Fsp3) is 0.533. The first-order valence-electron chi connectivity index (χ1n) is 13.6. The predicted octanol–water partition coefficient (Wildman–Crippen LogP) is 5.11. The van der Waals surface area contributed by atoms with Crippen LogP contribution in [-0.2, 0) is 16.0 Å². The fourth-order valence-electron chi connectivity index (χ4n) is 5.10. The van der Waals surface area contributed by atoms with Gasteiger partial charge in [0.15, 0.2) is 0 Å². The number of rotatable bonds is 4. The van der Waals surface area contributed by atoms with Gasteiger partial charge in [-0.1, -0.05) is 68.1 Å². The topological polar surface area (TPSA) is 59.1 Å². The maximum absolute atomic E-state index is 13.4. The van der Waals surface area contributed by atoms with Crippen molar-refractivity contribution in [2.24, 2.45) is 0 Å². The van der Waals surface area contributed by atoms with Crippen molar-refractivity contribution in [3.05, 3.63) is 65.7 Å². The van der Waals surface area contributed by atoms with Crippen LogP contribution in [-0.4, -0.2) is 66.6 Å². The van der Waals surface area contributed by atoms with Crippen molar-refractivity contribution in [2.45, 2.75) is 70.5 Å². The first-order valence-corrected chi connectivity index (χ1v) is 13.6. The molecule has 36 heavy (non-hydrogen) atoms. The average Bonchev–Trinajstić information content (AvgIpc) is 3.31. The Morgan fingerprint density at radius 2 is 1.58 bits per heavy atom. The molecule has 194 valence electrons. The van der Waals surface area contributed by atoms with Gasteiger partial charge in [-0.3, -0.25) is 9.59 Å². The van der Waals surface area contributed by atoms with Gasteiger partial charge in [-0.2, -0.15) is 0 Å². The molecule has 2 atom stereocenters. The van der Waals surface area contributed by atoms with E-state index in [9.17, 15) is 9.59 Å². The Morgan fingerprint density at radius 1 is 0.889 bits per heavy atom. The number of aryl methyl sites for hydroxylation is 1. The van der Waals surface area contributed by atoms with Gasteiger partial charge in [0.2, 0.25) is 5.91 Å². The van der Waals surface area contributed by atoms with Crippen LogP contribution >= 0.6 is 0 Å². The summed E-state index contributed by atoms with van der Waals surface area (Å²) in [6.45, 7) is 5.13. The number of para-hydroxylation sites is 1. The molecule has 4 rings (SSSR count). The molecule has 1 fully saturated rings. The number of carbonyl (C=O) groups excluding carboxylic acids is 2. The minimum atomic E-state index is -0.303. The van der Waals surface area contributed by atoms with Crippen LogP contribution in [0.2, 0.25) is 0 Å². The van der Waals surface area contributed by atoms with Crippen LogP contribution in [0.4, 0.5) is 0 Å². The van der Waals surface area contributed by atoms with E-state index in [4.69, 9.17) is 9.47 Å². The minimum absolute atomic E-state index is 0.00598. The number of carbonyl (C=O) groups is 2. The van der Waals surface area contributed by atoms with Crippen LogP contribution < -0.4 is 4.74 Å². The molecule has 0 aliphatic carbocycles. The molecule has 6 nitrogen and oxygen atoms in total. The molecule has 2 aliphatic heterocycles. The van der Waals surface area contributed by atoms with Gasteiger partial charge in [-0.05, 0) is 43.9 Å². The second-order valence-electron chi connectivity index (χ2n) is 9.85. The van der Waals surface area contributed by atoms with Crippen LogP contribution in [0.15, 0.2) is 54.6 Å². The number of hydrogen-bond donors (Lipinski definition) is 0. The van der Waals surface area contributed by atoms with Crippen LogP contribution in [0.5, 0.6) is 5.75 Å². The van der Waals surface area contributed by atoms with Crippen LogP contribution in [0.1, 0.15) is 67.8 Å². The number of nitrogens with zero attached hydrogens (tertiary/aromatic N) is 2. The van der Waals surface area contributed by atoms with Gasteiger partial charge in [0.05, 0.1) is 18.7 Å². The number of fused-ring (bicyclic) bond motifs is 2. The van der Waals surface area contributed by atoms with E-state index in [-0.39, 0.29) is 24.0 Å². The average molecular weight is 493 g/mol. The Balaban J connectivity index is 1.49. The normalized spacial score (nSPS) is 22.0. The Labute approximate surface area is 215 Å².